The molecule has 2 atom stereocenters. The lowest BCUT2D eigenvalue weighted by molar-refractivity contribution is -0.870. The second kappa shape index (κ2) is 61.2. The third-order valence-electron chi connectivity index (χ3n) is 13.1. The molecule has 0 aromatic carbocycles. The number of likely N-dealkylation sites (N-methyl/N-ethyl adjacent to an activating group) is 1. The van der Waals surface area contributed by atoms with Crippen LogP contribution in [0.5, 0.6) is 0 Å². The van der Waals surface area contributed by atoms with E-state index < -0.39 is 32.5 Å². The van der Waals surface area contributed by atoms with Crippen molar-refractivity contribution in [3.8, 4) is 0 Å². The van der Waals surface area contributed by atoms with Crippen LogP contribution in [0.4, 0.5) is 0 Å². The molecule has 0 aliphatic rings. The van der Waals surface area contributed by atoms with E-state index >= 15 is 0 Å². The highest BCUT2D eigenvalue weighted by molar-refractivity contribution is 7.45. The van der Waals surface area contributed by atoms with Crippen molar-refractivity contribution in [2.75, 3.05) is 47.5 Å². The van der Waals surface area contributed by atoms with Gasteiger partial charge in [-0.1, -0.05) is 268 Å². The van der Waals surface area contributed by atoms with Crippen molar-refractivity contribution in [2.45, 2.75) is 238 Å². The van der Waals surface area contributed by atoms with Gasteiger partial charge in [0.1, 0.15) is 19.8 Å². The number of allylic oxidation sites excluding steroid dienone is 26. The summed E-state index contributed by atoms with van der Waals surface area (Å²) in [6, 6.07) is 0. The van der Waals surface area contributed by atoms with Crippen LogP contribution in [-0.4, -0.2) is 70.0 Å². The van der Waals surface area contributed by atoms with E-state index in [0.29, 0.717) is 23.9 Å². The lowest BCUT2D eigenvalue weighted by Gasteiger charge is -2.28. The second-order valence-electron chi connectivity index (χ2n) is 22.0. The van der Waals surface area contributed by atoms with Crippen molar-refractivity contribution in [1.29, 1.82) is 0 Å². The van der Waals surface area contributed by atoms with Crippen molar-refractivity contribution in [1.82, 2.24) is 0 Å². The molecule has 0 aliphatic carbocycles. The summed E-state index contributed by atoms with van der Waals surface area (Å²) in [5.74, 6) is -0.938. The number of quaternary nitrogens is 1. The molecule has 0 rings (SSSR count). The summed E-state index contributed by atoms with van der Waals surface area (Å²) in [6.45, 7) is 3.91. The zero-order valence-electron chi connectivity index (χ0n) is 52.6. The summed E-state index contributed by atoms with van der Waals surface area (Å²) in [5.41, 5.74) is 0. The topological polar surface area (TPSA) is 111 Å². The van der Waals surface area contributed by atoms with Crippen molar-refractivity contribution in [2.24, 2.45) is 0 Å². The fraction of sp³-hybridized carbons (Fsp3) is 0.611. The van der Waals surface area contributed by atoms with Gasteiger partial charge < -0.3 is 27.9 Å². The van der Waals surface area contributed by atoms with Gasteiger partial charge in [0.05, 0.1) is 27.7 Å². The van der Waals surface area contributed by atoms with Crippen LogP contribution in [0.1, 0.15) is 232 Å². The number of carbonyl (C=O) groups excluding carboxylic acids is 2. The Morgan fingerprint density at radius 3 is 1.02 bits per heavy atom. The van der Waals surface area contributed by atoms with Gasteiger partial charge in [-0.25, -0.2) is 0 Å². The van der Waals surface area contributed by atoms with E-state index in [1.54, 1.807) is 0 Å². The number of ether oxygens (including phenoxy) is 2. The van der Waals surface area contributed by atoms with Gasteiger partial charge in [-0.05, 0) is 109 Å². The third-order valence-corrected chi connectivity index (χ3v) is 14.0. The molecule has 0 fully saturated rings. The Hall–Kier alpha value is -4.37. The first kappa shape index (κ1) is 77.6. The molecular weight excluding hydrogens is 1040 g/mol. The lowest BCUT2D eigenvalue weighted by atomic mass is 10.0. The zero-order valence-corrected chi connectivity index (χ0v) is 53.5. The maximum Gasteiger partial charge on any atom is 0.306 e. The smallest absolute Gasteiger partial charge is 0.306 e. The lowest BCUT2D eigenvalue weighted by Crippen LogP contribution is -2.37. The van der Waals surface area contributed by atoms with Crippen molar-refractivity contribution in [3.63, 3.8) is 0 Å². The normalized spacial score (nSPS) is 14.3. The van der Waals surface area contributed by atoms with Gasteiger partial charge in [0.15, 0.2) is 6.10 Å². The van der Waals surface area contributed by atoms with Gasteiger partial charge in [-0.3, -0.25) is 14.2 Å². The minimum atomic E-state index is -4.66. The first-order valence-corrected chi connectivity index (χ1v) is 33.7. The Labute approximate surface area is 503 Å². The van der Waals surface area contributed by atoms with E-state index in [9.17, 15) is 19.0 Å². The Balaban J connectivity index is 4.10. The first-order chi connectivity index (χ1) is 40.0. The molecule has 2 unspecified atom stereocenters. The van der Waals surface area contributed by atoms with E-state index in [1.165, 1.54) is 89.9 Å². The van der Waals surface area contributed by atoms with Gasteiger partial charge in [0, 0.05) is 12.8 Å². The average Bonchev–Trinajstić information content (AvgIpc) is 3.46. The molecule has 0 amide bonds. The van der Waals surface area contributed by atoms with E-state index in [4.69, 9.17) is 18.5 Å². The fourth-order valence-electron chi connectivity index (χ4n) is 8.19. The predicted molar refractivity (Wildman–Crippen MR) is 350 cm³/mol. The minimum absolute atomic E-state index is 0.0489. The Morgan fingerprint density at radius 2 is 0.683 bits per heavy atom. The van der Waals surface area contributed by atoms with Gasteiger partial charge in [0.2, 0.25) is 0 Å². The highest BCUT2D eigenvalue weighted by atomic mass is 31.2. The van der Waals surface area contributed by atoms with Crippen LogP contribution < -0.4 is 4.89 Å². The maximum absolute atomic E-state index is 12.8. The molecule has 9 nitrogen and oxygen atoms in total. The number of nitrogens with zero attached hydrogens (tertiary/aromatic N) is 1. The largest absolute Gasteiger partial charge is 0.756 e. The molecule has 0 radical (unpaired) electrons. The molecule has 0 saturated carbocycles. The van der Waals surface area contributed by atoms with Gasteiger partial charge in [-0.15, -0.1) is 0 Å². The molecule has 464 valence electrons. The molecule has 0 aromatic heterocycles. The summed E-state index contributed by atoms with van der Waals surface area (Å²) < 4.78 is 34.1. The summed E-state index contributed by atoms with van der Waals surface area (Å²) in [6.07, 6.45) is 91.9. The number of hydrogen-bond donors (Lipinski definition) is 0. The molecule has 0 bridgehead atoms. The van der Waals surface area contributed by atoms with E-state index in [0.717, 1.165) is 103 Å². The number of rotatable bonds is 57. The Bertz CT molecular complexity index is 1940. The summed E-state index contributed by atoms with van der Waals surface area (Å²) in [7, 11) is 1.11. The summed E-state index contributed by atoms with van der Waals surface area (Å²) in [4.78, 5) is 37.9. The fourth-order valence-corrected chi connectivity index (χ4v) is 8.92. The number of esters is 2. The number of hydrogen-bond acceptors (Lipinski definition) is 8. The first-order valence-electron chi connectivity index (χ1n) is 32.2. The van der Waals surface area contributed by atoms with Crippen LogP contribution in [0.15, 0.2) is 158 Å². The van der Waals surface area contributed by atoms with Crippen molar-refractivity contribution < 1.29 is 42.1 Å². The summed E-state index contributed by atoms with van der Waals surface area (Å²) >= 11 is 0. The molecule has 10 heteroatoms. The Morgan fingerprint density at radius 1 is 0.378 bits per heavy atom. The van der Waals surface area contributed by atoms with Gasteiger partial charge >= 0.3 is 11.9 Å². The molecule has 0 saturated heterocycles. The van der Waals surface area contributed by atoms with Crippen molar-refractivity contribution in [3.05, 3.63) is 158 Å². The highest BCUT2D eigenvalue weighted by Gasteiger charge is 2.21. The molecule has 0 heterocycles. The van der Waals surface area contributed by atoms with Crippen molar-refractivity contribution >= 4 is 19.8 Å². The van der Waals surface area contributed by atoms with Crippen LogP contribution in [0.25, 0.3) is 0 Å². The number of phosphoric ester groups is 1. The number of phosphoric acid groups is 1. The van der Waals surface area contributed by atoms with Crippen LogP contribution >= 0.6 is 7.82 Å². The Kier molecular flexibility index (Phi) is 57.9. The monoisotopic (exact) mass is 1160 g/mol. The molecule has 0 aliphatic heterocycles. The predicted octanol–water partition coefficient (Wildman–Crippen LogP) is 20.2. The van der Waals surface area contributed by atoms with Crippen LogP contribution in [0.3, 0.4) is 0 Å². The molecule has 82 heavy (non-hydrogen) atoms. The molecule has 0 aromatic rings. The number of carbonyl (C=O) groups is 2. The standard InChI is InChI=1S/C72H118NO8P/c1-6-8-10-12-14-16-18-20-22-24-26-27-28-29-30-31-32-33-34-35-36-37-38-39-40-41-42-43-44-45-47-49-51-53-55-57-59-61-63-65-72(75)81-70(69-80-82(76,77)79-67-66-73(3,4)5)68-78-71(74)64-62-60-58-56-54-52-50-48-46-25-23-21-19-17-15-13-11-9-7-2/h8-11,14-17,20-23,26-27,29-30,32-33,35-36,46,48,52,54,58,60,70H,6-7,12-13,18-19,24-25,28,31,34,37-45,47,49-51,53,55-57,59,61-69H2,1-5H3/b10-8-,11-9-,16-14-,17-15-,22-20-,23-21-,27-26-,30-29-,33-32-,36-35-,48-46-,54-52-,60-58-. The quantitative estimate of drug-likeness (QED) is 0.0195. The van der Waals surface area contributed by atoms with E-state index in [1.807, 2.05) is 33.3 Å². The zero-order chi connectivity index (χ0) is 59.8. The van der Waals surface area contributed by atoms with Gasteiger partial charge in [0.25, 0.3) is 7.82 Å². The van der Waals surface area contributed by atoms with E-state index in [-0.39, 0.29) is 26.1 Å². The second-order valence-corrected chi connectivity index (χ2v) is 23.4. The molecule has 0 N–H and O–H groups in total. The van der Waals surface area contributed by atoms with Crippen LogP contribution in [0.2, 0.25) is 0 Å². The van der Waals surface area contributed by atoms with Gasteiger partial charge in [-0.2, -0.15) is 0 Å². The van der Waals surface area contributed by atoms with Crippen LogP contribution in [0, 0.1) is 0 Å². The molecular formula is C72H118NO8P. The number of unbranched alkanes of at least 4 members (excludes halogenated alkanes) is 17. The maximum atomic E-state index is 12.8. The van der Waals surface area contributed by atoms with E-state index in [2.05, 4.69) is 160 Å². The average molecular weight is 1160 g/mol. The minimum Gasteiger partial charge on any atom is -0.756 e. The third kappa shape index (κ3) is 64.8. The highest BCUT2D eigenvalue weighted by Crippen LogP contribution is 2.38. The SMILES string of the molecule is CC/C=C\C/C=C\C/C=C\C/C=C\C/C=C\C/C=C\C/C=C\CCCCCCCCCCCCCCCCCCCC(=O)OC(COC(=O)CC/C=C\C/C=C\C/C=C\C/C=C\C/C=C\C/C=C\CC)COP(=O)([O-])OCC[N+](C)(C)C. The van der Waals surface area contributed by atoms with Crippen LogP contribution in [-0.2, 0) is 32.7 Å². The molecule has 0 spiro atoms. The summed E-state index contributed by atoms with van der Waals surface area (Å²) in [5, 5.41) is 0.